The van der Waals surface area contributed by atoms with Crippen molar-refractivity contribution in [2.24, 2.45) is 0 Å². The Hall–Kier alpha value is -8.52. The molecule has 2 aliphatic rings. The Kier molecular flexibility index (Phi) is 8.88. The van der Waals surface area contributed by atoms with Crippen molar-refractivity contribution in [2.45, 2.75) is 12.3 Å². The van der Waals surface area contributed by atoms with Gasteiger partial charge in [-0.3, -0.25) is 0 Å². The van der Waals surface area contributed by atoms with Crippen LogP contribution in [0.2, 0.25) is 0 Å². The minimum Gasteiger partial charge on any atom is -0.310 e. The van der Waals surface area contributed by atoms with Gasteiger partial charge in [-0.05, 0) is 148 Å². The van der Waals surface area contributed by atoms with Crippen LogP contribution in [0.4, 0.5) is 17.1 Å². The zero-order chi connectivity index (χ0) is 44.6. The van der Waals surface area contributed by atoms with Crippen LogP contribution < -0.4 is 4.90 Å². The minimum absolute atomic E-state index is 0.407. The molecule has 0 aromatic heterocycles. The van der Waals surface area contributed by atoms with Crippen molar-refractivity contribution in [2.75, 3.05) is 4.90 Å². The van der Waals surface area contributed by atoms with Gasteiger partial charge in [-0.25, -0.2) is 0 Å². The summed E-state index contributed by atoms with van der Waals surface area (Å²) in [5, 5.41) is 7.47. The number of benzene rings is 11. The molecule has 0 saturated heterocycles. The van der Waals surface area contributed by atoms with E-state index in [0.29, 0.717) is 0 Å². The summed E-state index contributed by atoms with van der Waals surface area (Å²) in [6, 6.07) is 83.6. The predicted octanol–water partition coefficient (Wildman–Crippen LogP) is 17.8. The third kappa shape index (κ3) is 5.75. The van der Waals surface area contributed by atoms with Gasteiger partial charge in [0.25, 0.3) is 0 Å². The lowest BCUT2D eigenvalue weighted by atomic mass is 9.70. The van der Waals surface area contributed by atoms with Crippen molar-refractivity contribution in [3.8, 4) is 44.5 Å². The fourth-order valence-corrected chi connectivity index (χ4v) is 11.8. The van der Waals surface area contributed by atoms with Crippen LogP contribution in [0.15, 0.2) is 243 Å². The highest BCUT2D eigenvalue weighted by Gasteiger charge is 2.51. The molecule has 1 nitrogen and oxygen atoms in total. The third-order valence-electron chi connectivity index (χ3n) is 14.6. The van der Waals surface area contributed by atoms with Crippen LogP contribution in [0, 0.1) is 6.92 Å². The van der Waals surface area contributed by atoms with Crippen molar-refractivity contribution in [3.05, 3.63) is 277 Å². The first-order valence-electron chi connectivity index (χ1n) is 23.3. The second-order valence-electron chi connectivity index (χ2n) is 18.0. The van der Waals surface area contributed by atoms with Crippen molar-refractivity contribution in [1.82, 2.24) is 0 Å². The molecule has 314 valence electrons. The Morgan fingerprint density at radius 2 is 0.970 bits per heavy atom. The van der Waals surface area contributed by atoms with Gasteiger partial charge >= 0.3 is 0 Å². The maximum absolute atomic E-state index is 3.93. The largest absolute Gasteiger partial charge is 0.310 e. The first-order valence-corrected chi connectivity index (χ1v) is 23.3. The lowest BCUT2D eigenvalue weighted by Gasteiger charge is -2.32. The lowest BCUT2D eigenvalue weighted by molar-refractivity contribution is 0.794. The Morgan fingerprint density at radius 3 is 1.67 bits per heavy atom. The van der Waals surface area contributed by atoms with Gasteiger partial charge in [0.05, 0.1) is 11.1 Å². The average molecular weight is 852 g/mol. The van der Waals surface area contributed by atoms with Crippen LogP contribution >= 0.6 is 0 Å². The topological polar surface area (TPSA) is 3.24 Å². The molecule has 0 radical (unpaired) electrons. The fraction of sp³-hybridized carbons (Fsp3) is 0.0303. The number of allylic oxidation sites excluding steroid dienone is 2. The Balaban J connectivity index is 1.02. The summed E-state index contributed by atoms with van der Waals surface area (Å²) in [5.41, 5.74) is 20.8. The normalized spacial score (nSPS) is 13.0. The minimum atomic E-state index is -0.407. The fourth-order valence-electron chi connectivity index (χ4n) is 11.8. The number of aryl methyl sites for hydroxylation is 1. The Morgan fingerprint density at radius 1 is 0.403 bits per heavy atom. The molecule has 0 N–H and O–H groups in total. The summed E-state index contributed by atoms with van der Waals surface area (Å²) < 4.78 is 0. The molecule has 0 unspecified atom stereocenters. The maximum Gasteiger partial charge on any atom is 0.0725 e. The Bertz CT molecular complexity index is 3790. The zero-order valence-electron chi connectivity index (χ0n) is 37.2. The standard InChI is InChI=1S/C66H45N/c1-3-4-21-50-43(2)51-38-33-47(41-58(51)54-24-11-10-23-53(50)54)44-31-35-48(36-32-44)67(64-40-34-45-18-8-9-22-52(45)65(64)46-19-6-5-7-20-46)49-37-39-63-59(42-49)57-27-14-17-30-62(57)66(63)60-28-15-12-25-55(60)56-26-13-16-29-61(56)66/h3-42H,1H2,2H3/b21-4-. The predicted molar refractivity (Wildman–Crippen MR) is 285 cm³/mol. The monoisotopic (exact) mass is 851 g/mol. The van der Waals surface area contributed by atoms with E-state index in [-0.39, 0.29) is 0 Å². The van der Waals surface area contributed by atoms with Gasteiger partial charge in [0.1, 0.15) is 0 Å². The van der Waals surface area contributed by atoms with Gasteiger partial charge < -0.3 is 4.90 Å². The number of rotatable bonds is 7. The summed E-state index contributed by atoms with van der Waals surface area (Å²) in [4.78, 5) is 2.48. The molecule has 1 heteroatoms. The van der Waals surface area contributed by atoms with E-state index in [1.165, 1.54) is 110 Å². The highest BCUT2D eigenvalue weighted by atomic mass is 15.1. The van der Waals surface area contributed by atoms with Crippen molar-refractivity contribution in [1.29, 1.82) is 0 Å². The molecule has 1 spiro atoms. The molecular formula is C66H45N. The van der Waals surface area contributed by atoms with Gasteiger partial charge in [0.15, 0.2) is 0 Å². The van der Waals surface area contributed by atoms with E-state index in [0.717, 1.165) is 17.1 Å². The molecule has 0 saturated carbocycles. The average Bonchev–Trinajstić information content (AvgIpc) is 3.86. The quantitative estimate of drug-likeness (QED) is 0.114. The van der Waals surface area contributed by atoms with Gasteiger partial charge in [-0.2, -0.15) is 0 Å². The third-order valence-corrected chi connectivity index (χ3v) is 14.6. The smallest absolute Gasteiger partial charge is 0.0725 e. The van der Waals surface area contributed by atoms with Crippen LogP contribution in [-0.4, -0.2) is 0 Å². The summed E-state index contributed by atoms with van der Waals surface area (Å²) in [7, 11) is 0. The van der Waals surface area contributed by atoms with Gasteiger partial charge in [0, 0.05) is 16.9 Å². The van der Waals surface area contributed by atoms with Crippen molar-refractivity contribution < 1.29 is 0 Å². The number of hydrogen-bond acceptors (Lipinski definition) is 1. The maximum atomic E-state index is 3.93. The summed E-state index contributed by atoms with van der Waals surface area (Å²) >= 11 is 0. The molecule has 0 fully saturated rings. The molecule has 0 heterocycles. The number of nitrogens with zero attached hydrogens (tertiary/aromatic N) is 1. The Labute approximate surface area is 391 Å². The van der Waals surface area contributed by atoms with Crippen LogP contribution in [0.3, 0.4) is 0 Å². The number of hydrogen-bond donors (Lipinski definition) is 0. The highest BCUT2D eigenvalue weighted by molar-refractivity contribution is 6.14. The van der Waals surface area contributed by atoms with E-state index in [1.54, 1.807) is 0 Å². The van der Waals surface area contributed by atoms with Crippen molar-refractivity contribution >= 4 is 55.5 Å². The van der Waals surface area contributed by atoms with Crippen LogP contribution in [0.25, 0.3) is 82.9 Å². The molecular weight excluding hydrogens is 807 g/mol. The molecule has 2 aliphatic carbocycles. The zero-order valence-corrected chi connectivity index (χ0v) is 37.2. The van der Waals surface area contributed by atoms with Crippen LogP contribution in [0.5, 0.6) is 0 Å². The summed E-state index contributed by atoms with van der Waals surface area (Å²) in [6.07, 6.45) is 6.07. The molecule has 11 aromatic rings. The SMILES string of the molecule is C=C/C=C\c1c(C)c2ccc(-c3ccc(N(c4ccc5c(c4)-c4ccccc4C54c5ccccc5-c5ccccc54)c4ccc5ccccc5c4-c4ccccc4)cc3)cc2c2ccccc12. The molecule has 0 aliphatic heterocycles. The van der Waals surface area contributed by atoms with Gasteiger partial charge in [-0.15, -0.1) is 0 Å². The van der Waals surface area contributed by atoms with E-state index in [4.69, 9.17) is 0 Å². The molecule has 0 amide bonds. The number of fused-ring (bicyclic) bond motifs is 14. The van der Waals surface area contributed by atoms with Crippen LogP contribution in [0.1, 0.15) is 33.4 Å². The number of anilines is 3. The van der Waals surface area contributed by atoms with Crippen molar-refractivity contribution in [3.63, 3.8) is 0 Å². The molecule has 0 bridgehead atoms. The molecule has 13 rings (SSSR count). The lowest BCUT2D eigenvalue weighted by Crippen LogP contribution is -2.25. The highest BCUT2D eigenvalue weighted by Crippen LogP contribution is 2.63. The first kappa shape index (κ1) is 38.9. The van der Waals surface area contributed by atoms with Crippen LogP contribution in [-0.2, 0) is 5.41 Å². The molecule has 0 atom stereocenters. The van der Waals surface area contributed by atoms with E-state index >= 15 is 0 Å². The van der Waals surface area contributed by atoms with E-state index in [2.05, 4.69) is 249 Å². The van der Waals surface area contributed by atoms with E-state index in [1.807, 2.05) is 12.2 Å². The van der Waals surface area contributed by atoms with Gasteiger partial charge in [-0.1, -0.05) is 213 Å². The second kappa shape index (κ2) is 15.3. The van der Waals surface area contributed by atoms with E-state index < -0.39 is 5.41 Å². The summed E-state index contributed by atoms with van der Waals surface area (Å²) in [6.45, 7) is 6.17. The second-order valence-corrected chi connectivity index (χ2v) is 18.0. The first-order chi connectivity index (χ1) is 33.1. The summed E-state index contributed by atoms with van der Waals surface area (Å²) in [5.74, 6) is 0. The van der Waals surface area contributed by atoms with E-state index in [9.17, 15) is 0 Å². The van der Waals surface area contributed by atoms with Gasteiger partial charge in [0.2, 0.25) is 0 Å². The molecule has 11 aromatic carbocycles. The molecule has 67 heavy (non-hydrogen) atoms.